The molecule has 0 saturated carbocycles. The highest BCUT2D eigenvalue weighted by molar-refractivity contribution is 9.09. The maximum atomic E-state index is 11.0. The zero-order valence-electron chi connectivity index (χ0n) is 10.2. The van der Waals surface area contributed by atoms with Crippen LogP contribution in [0.4, 0.5) is 5.69 Å². The van der Waals surface area contributed by atoms with Crippen molar-refractivity contribution in [3.63, 3.8) is 0 Å². The van der Waals surface area contributed by atoms with Gasteiger partial charge in [-0.15, -0.1) is 0 Å². The van der Waals surface area contributed by atoms with Crippen LogP contribution in [0.25, 0.3) is 0 Å². The zero-order valence-corrected chi connectivity index (χ0v) is 11.7. The summed E-state index contributed by atoms with van der Waals surface area (Å²) in [6.07, 6.45) is 0.960. The highest BCUT2D eigenvalue weighted by atomic mass is 79.9. The molecule has 1 aromatic carbocycles. The Labute approximate surface area is 111 Å². The van der Waals surface area contributed by atoms with Crippen LogP contribution in [0.5, 0.6) is 0 Å². The number of rotatable bonds is 7. The van der Waals surface area contributed by atoms with Gasteiger partial charge in [0.2, 0.25) is 5.91 Å². The lowest BCUT2D eigenvalue weighted by atomic mass is 10.2. The van der Waals surface area contributed by atoms with Gasteiger partial charge in [-0.05, 0) is 25.5 Å². The Morgan fingerprint density at radius 3 is 2.65 bits per heavy atom. The van der Waals surface area contributed by atoms with Gasteiger partial charge in [0.1, 0.15) is 0 Å². The summed E-state index contributed by atoms with van der Waals surface area (Å²) in [6.45, 7) is 4.82. The molecule has 1 amide bonds. The summed E-state index contributed by atoms with van der Waals surface area (Å²) in [4.78, 5) is 13.3. The predicted molar refractivity (Wildman–Crippen MR) is 75.7 cm³/mol. The molecule has 1 N–H and O–H groups in total. The molecule has 0 fully saturated rings. The lowest BCUT2D eigenvalue weighted by Gasteiger charge is -2.23. The second-order valence-electron chi connectivity index (χ2n) is 3.75. The summed E-state index contributed by atoms with van der Waals surface area (Å²) in [5.41, 5.74) is 1.24. The summed E-state index contributed by atoms with van der Waals surface area (Å²) in [5.74, 6) is 0.0489. The smallest absolute Gasteiger partial charge is 0.230 e. The van der Waals surface area contributed by atoms with Crippen LogP contribution < -0.4 is 10.2 Å². The van der Waals surface area contributed by atoms with E-state index in [1.807, 2.05) is 18.2 Å². The SMILES string of the molecule is CCN(CCCNC(=O)CBr)c1ccccc1. The third-order valence-corrected chi connectivity index (χ3v) is 3.06. The standard InChI is InChI=1S/C13H19BrN2O/c1-2-16(12-7-4-3-5-8-12)10-6-9-15-13(17)11-14/h3-5,7-8H,2,6,9-11H2,1H3,(H,15,17). The Kier molecular flexibility index (Phi) is 6.70. The molecule has 1 rings (SSSR count). The monoisotopic (exact) mass is 298 g/mol. The van der Waals surface area contributed by atoms with Crippen LogP contribution in [-0.4, -0.2) is 30.9 Å². The Morgan fingerprint density at radius 1 is 1.35 bits per heavy atom. The molecule has 3 nitrogen and oxygen atoms in total. The molecule has 17 heavy (non-hydrogen) atoms. The third kappa shape index (κ3) is 5.22. The number of anilines is 1. The van der Waals surface area contributed by atoms with E-state index in [9.17, 15) is 4.79 Å². The van der Waals surface area contributed by atoms with Gasteiger partial charge in [-0.1, -0.05) is 34.1 Å². The minimum absolute atomic E-state index is 0.0489. The average molecular weight is 299 g/mol. The summed E-state index contributed by atoms with van der Waals surface area (Å²) in [6, 6.07) is 10.3. The Balaban J connectivity index is 2.31. The fraction of sp³-hybridized carbons (Fsp3) is 0.462. The van der Waals surface area contributed by atoms with Crippen LogP contribution in [0.2, 0.25) is 0 Å². The van der Waals surface area contributed by atoms with Crippen molar-refractivity contribution in [1.29, 1.82) is 0 Å². The van der Waals surface area contributed by atoms with E-state index in [-0.39, 0.29) is 5.91 Å². The topological polar surface area (TPSA) is 32.3 Å². The number of benzene rings is 1. The average Bonchev–Trinajstić information content (AvgIpc) is 2.39. The fourth-order valence-electron chi connectivity index (χ4n) is 1.65. The van der Waals surface area contributed by atoms with Crippen LogP contribution in [0, 0.1) is 0 Å². The van der Waals surface area contributed by atoms with Crippen LogP contribution in [0.1, 0.15) is 13.3 Å². The van der Waals surface area contributed by atoms with E-state index in [4.69, 9.17) is 0 Å². The van der Waals surface area contributed by atoms with Gasteiger partial charge >= 0.3 is 0 Å². The maximum absolute atomic E-state index is 11.0. The molecule has 0 unspecified atom stereocenters. The number of para-hydroxylation sites is 1. The third-order valence-electron chi connectivity index (χ3n) is 2.55. The molecule has 0 aromatic heterocycles. The molecule has 0 aliphatic heterocycles. The minimum Gasteiger partial charge on any atom is -0.372 e. The molecule has 0 atom stereocenters. The molecule has 0 aliphatic carbocycles. The molecular weight excluding hydrogens is 280 g/mol. The lowest BCUT2D eigenvalue weighted by Crippen LogP contribution is -2.30. The summed E-state index contributed by atoms with van der Waals surface area (Å²) >= 11 is 3.12. The molecule has 0 spiro atoms. The number of halogens is 1. The van der Waals surface area contributed by atoms with Crippen molar-refractivity contribution in [1.82, 2.24) is 5.32 Å². The molecule has 4 heteroatoms. The van der Waals surface area contributed by atoms with Crippen molar-refractivity contribution in [2.75, 3.05) is 29.9 Å². The number of hydrogen-bond acceptors (Lipinski definition) is 2. The normalized spacial score (nSPS) is 10.0. The van der Waals surface area contributed by atoms with Gasteiger partial charge in [-0.3, -0.25) is 4.79 Å². The van der Waals surface area contributed by atoms with Gasteiger partial charge in [0.25, 0.3) is 0 Å². The van der Waals surface area contributed by atoms with Gasteiger partial charge in [0, 0.05) is 25.3 Å². The summed E-state index contributed by atoms with van der Waals surface area (Å²) < 4.78 is 0. The van der Waals surface area contributed by atoms with Gasteiger partial charge in [-0.2, -0.15) is 0 Å². The zero-order chi connectivity index (χ0) is 12.5. The van der Waals surface area contributed by atoms with Crippen LogP contribution in [0.3, 0.4) is 0 Å². The van der Waals surface area contributed by atoms with Crippen LogP contribution in [0.15, 0.2) is 30.3 Å². The fourth-order valence-corrected chi connectivity index (χ4v) is 1.85. The molecular formula is C13H19BrN2O. The van der Waals surface area contributed by atoms with Gasteiger partial charge in [-0.25, -0.2) is 0 Å². The van der Waals surface area contributed by atoms with E-state index in [0.717, 1.165) is 26.1 Å². The summed E-state index contributed by atoms with van der Waals surface area (Å²) in [7, 11) is 0. The number of nitrogens with zero attached hydrogens (tertiary/aromatic N) is 1. The van der Waals surface area contributed by atoms with E-state index in [1.165, 1.54) is 5.69 Å². The second-order valence-corrected chi connectivity index (χ2v) is 4.31. The van der Waals surface area contributed by atoms with Gasteiger partial charge in [0.05, 0.1) is 5.33 Å². The highest BCUT2D eigenvalue weighted by Gasteiger charge is 2.03. The molecule has 1 aromatic rings. The van der Waals surface area contributed by atoms with Crippen molar-refractivity contribution in [3.8, 4) is 0 Å². The first-order valence-corrected chi connectivity index (χ1v) is 7.02. The van der Waals surface area contributed by atoms with Crippen molar-refractivity contribution < 1.29 is 4.79 Å². The predicted octanol–water partition coefficient (Wildman–Crippen LogP) is 2.41. The van der Waals surface area contributed by atoms with Gasteiger partial charge in [0.15, 0.2) is 0 Å². The quantitative estimate of drug-likeness (QED) is 0.619. The first kappa shape index (κ1) is 14.0. The highest BCUT2D eigenvalue weighted by Crippen LogP contribution is 2.12. The van der Waals surface area contributed by atoms with E-state index < -0.39 is 0 Å². The van der Waals surface area contributed by atoms with Crippen molar-refractivity contribution in [2.45, 2.75) is 13.3 Å². The number of amides is 1. The molecule has 0 heterocycles. The second kappa shape index (κ2) is 8.12. The number of carbonyl (C=O) groups excluding carboxylic acids is 1. The van der Waals surface area contributed by atoms with Crippen LogP contribution in [-0.2, 0) is 4.79 Å². The minimum atomic E-state index is 0.0489. The number of carbonyl (C=O) groups is 1. The molecule has 0 radical (unpaired) electrons. The van der Waals surface area contributed by atoms with E-state index in [0.29, 0.717) is 5.33 Å². The van der Waals surface area contributed by atoms with Crippen LogP contribution >= 0.6 is 15.9 Å². The first-order valence-electron chi connectivity index (χ1n) is 5.90. The largest absolute Gasteiger partial charge is 0.372 e. The Morgan fingerprint density at radius 2 is 2.06 bits per heavy atom. The van der Waals surface area contributed by atoms with Crippen molar-refractivity contribution >= 4 is 27.5 Å². The molecule has 0 aliphatic rings. The van der Waals surface area contributed by atoms with Crippen molar-refractivity contribution in [3.05, 3.63) is 30.3 Å². The Hall–Kier alpha value is -1.03. The number of alkyl halides is 1. The molecule has 0 bridgehead atoms. The molecule has 94 valence electrons. The lowest BCUT2D eigenvalue weighted by molar-refractivity contribution is -0.118. The van der Waals surface area contributed by atoms with Crippen molar-refractivity contribution in [2.24, 2.45) is 0 Å². The summed E-state index contributed by atoms with van der Waals surface area (Å²) in [5, 5.41) is 3.23. The molecule has 0 saturated heterocycles. The van der Waals surface area contributed by atoms with E-state index in [1.54, 1.807) is 0 Å². The van der Waals surface area contributed by atoms with E-state index in [2.05, 4.69) is 45.2 Å². The number of hydrogen-bond donors (Lipinski definition) is 1. The number of nitrogens with one attached hydrogen (secondary N) is 1. The van der Waals surface area contributed by atoms with E-state index >= 15 is 0 Å². The first-order chi connectivity index (χ1) is 8.27. The Bertz CT molecular complexity index is 329. The maximum Gasteiger partial charge on any atom is 0.230 e. The van der Waals surface area contributed by atoms with Gasteiger partial charge < -0.3 is 10.2 Å².